The Morgan fingerprint density at radius 3 is 2.48 bits per heavy atom. The van der Waals surface area contributed by atoms with Crippen molar-refractivity contribution in [1.82, 2.24) is 4.98 Å². The lowest BCUT2D eigenvalue weighted by Gasteiger charge is -2.09. The molecular formula is C17H20N4O2. The summed E-state index contributed by atoms with van der Waals surface area (Å²) in [6.45, 7) is 4.34. The van der Waals surface area contributed by atoms with Crippen molar-refractivity contribution in [2.45, 2.75) is 20.3 Å². The molecule has 3 N–H and O–H groups in total. The number of pyridine rings is 1. The SMILES string of the molecule is CCCNc1ccnc(C(=O)Nc2cccc(NC(C)=O)c2)c1. The van der Waals surface area contributed by atoms with E-state index < -0.39 is 0 Å². The third-order valence-electron chi connectivity index (χ3n) is 3.01. The molecule has 2 rings (SSSR count). The van der Waals surface area contributed by atoms with Gasteiger partial charge in [0.2, 0.25) is 5.91 Å². The maximum absolute atomic E-state index is 12.3. The summed E-state index contributed by atoms with van der Waals surface area (Å²) in [4.78, 5) is 27.5. The number of rotatable bonds is 6. The van der Waals surface area contributed by atoms with Crippen molar-refractivity contribution in [3.05, 3.63) is 48.3 Å². The number of nitrogens with zero attached hydrogens (tertiary/aromatic N) is 1. The number of aromatic nitrogens is 1. The Balaban J connectivity index is 2.08. The number of nitrogens with one attached hydrogen (secondary N) is 3. The summed E-state index contributed by atoms with van der Waals surface area (Å²) in [5.41, 5.74) is 2.41. The zero-order valence-electron chi connectivity index (χ0n) is 13.2. The predicted molar refractivity (Wildman–Crippen MR) is 91.7 cm³/mol. The molecular weight excluding hydrogens is 292 g/mol. The van der Waals surface area contributed by atoms with Gasteiger partial charge < -0.3 is 16.0 Å². The van der Waals surface area contributed by atoms with Gasteiger partial charge in [-0.05, 0) is 36.8 Å². The molecule has 2 aromatic rings. The summed E-state index contributed by atoms with van der Waals surface area (Å²) in [5.74, 6) is -0.463. The number of hydrogen-bond donors (Lipinski definition) is 3. The van der Waals surface area contributed by atoms with Crippen molar-refractivity contribution in [2.75, 3.05) is 22.5 Å². The molecule has 23 heavy (non-hydrogen) atoms. The average Bonchev–Trinajstić information content (AvgIpc) is 2.53. The number of anilines is 3. The third kappa shape index (κ3) is 5.10. The monoisotopic (exact) mass is 312 g/mol. The van der Waals surface area contributed by atoms with Crippen molar-refractivity contribution in [3.63, 3.8) is 0 Å². The molecule has 1 aromatic carbocycles. The molecule has 0 atom stereocenters. The molecule has 0 spiro atoms. The van der Waals surface area contributed by atoms with Crippen LogP contribution in [-0.2, 0) is 4.79 Å². The Morgan fingerprint density at radius 1 is 1.04 bits per heavy atom. The topological polar surface area (TPSA) is 83.1 Å². The van der Waals surface area contributed by atoms with E-state index in [-0.39, 0.29) is 11.8 Å². The molecule has 120 valence electrons. The number of benzene rings is 1. The lowest BCUT2D eigenvalue weighted by Crippen LogP contribution is -2.14. The predicted octanol–water partition coefficient (Wildman–Crippen LogP) is 3.11. The van der Waals surface area contributed by atoms with Gasteiger partial charge in [0.1, 0.15) is 5.69 Å². The molecule has 0 aliphatic heterocycles. The molecule has 1 heterocycles. The van der Waals surface area contributed by atoms with Crippen LogP contribution in [0.1, 0.15) is 30.8 Å². The van der Waals surface area contributed by atoms with E-state index in [9.17, 15) is 9.59 Å². The minimum atomic E-state index is -0.301. The van der Waals surface area contributed by atoms with Gasteiger partial charge in [0, 0.05) is 36.7 Å². The molecule has 0 radical (unpaired) electrons. The maximum atomic E-state index is 12.3. The van der Waals surface area contributed by atoms with E-state index in [4.69, 9.17) is 0 Å². The van der Waals surface area contributed by atoms with Gasteiger partial charge in [-0.2, -0.15) is 0 Å². The fourth-order valence-electron chi connectivity index (χ4n) is 2.01. The molecule has 0 saturated carbocycles. The van der Waals surface area contributed by atoms with E-state index in [2.05, 4.69) is 27.9 Å². The molecule has 0 fully saturated rings. The zero-order chi connectivity index (χ0) is 16.7. The lowest BCUT2D eigenvalue weighted by molar-refractivity contribution is -0.114. The van der Waals surface area contributed by atoms with Gasteiger partial charge in [0.15, 0.2) is 0 Å². The normalized spacial score (nSPS) is 10.0. The van der Waals surface area contributed by atoms with Crippen LogP contribution in [0.5, 0.6) is 0 Å². The quantitative estimate of drug-likeness (QED) is 0.765. The summed E-state index contributed by atoms with van der Waals surface area (Å²) in [5, 5.41) is 8.67. The first-order valence-electron chi connectivity index (χ1n) is 7.47. The van der Waals surface area contributed by atoms with E-state index in [0.717, 1.165) is 18.7 Å². The average molecular weight is 312 g/mol. The van der Waals surface area contributed by atoms with Crippen molar-refractivity contribution in [1.29, 1.82) is 0 Å². The number of carbonyl (C=O) groups excluding carboxylic acids is 2. The highest BCUT2D eigenvalue weighted by atomic mass is 16.2. The summed E-state index contributed by atoms with van der Waals surface area (Å²) in [6.07, 6.45) is 2.60. The third-order valence-corrected chi connectivity index (χ3v) is 3.01. The van der Waals surface area contributed by atoms with Gasteiger partial charge in [0.25, 0.3) is 5.91 Å². The smallest absolute Gasteiger partial charge is 0.274 e. The van der Waals surface area contributed by atoms with E-state index in [1.165, 1.54) is 6.92 Å². The molecule has 2 amide bonds. The lowest BCUT2D eigenvalue weighted by atomic mass is 10.2. The second-order valence-electron chi connectivity index (χ2n) is 5.07. The van der Waals surface area contributed by atoms with E-state index in [1.54, 1.807) is 36.5 Å². The molecule has 0 unspecified atom stereocenters. The first-order valence-corrected chi connectivity index (χ1v) is 7.47. The van der Waals surface area contributed by atoms with Crippen molar-refractivity contribution >= 4 is 28.9 Å². The van der Waals surface area contributed by atoms with Crippen LogP contribution in [0, 0.1) is 0 Å². The van der Waals surface area contributed by atoms with E-state index in [0.29, 0.717) is 17.1 Å². The van der Waals surface area contributed by atoms with Crippen LogP contribution in [0.25, 0.3) is 0 Å². The summed E-state index contributed by atoms with van der Waals surface area (Å²) >= 11 is 0. The Kier molecular flexibility index (Phi) is 5.68. The van der Waals surface area contributed by atoms with Gasteiger partial charge in [-0.25, -0.2) is 0 Å². The largest absolute Gasteiger partial charge is 0.385 e. The minimum absolute atomic E-state index is 0.162. The van der Waals surface area contributed by atoms with Gasteiger partial charge in [-0.15, -0.1) is 0 Å². The Hall–Kier alpha value is -2.89. The minimum Gasteiger partial charge on any atom is -0.385 e. The van der Waals surface area contributed by atoms with E-state index in [1.807, 2.05) is 6.07 Å². The van der Waals surface area contributed by atoms with Crippen LogP contribution >= 0.6 is 0 Å². The fourth-order valence-corrected chi connectivity index (χ4v) is 2.01. The summed E-state index contributed by atoms with van der Waals surface area (Å²) in [7, 11) is 0. The van der Waals surface area contributed by atoms with Gasteiger partial charge in [-0.3, -0.25) is 14.6 Å². The first-order chi connectivity index (χ1) is 11.1. The van der Waals surface area contributed by atoms with Crippen LogP contribution in [0.2, 0.25) is 0 Å². The van der Waals surface area contributed by atoms with Crippen molar-refractivity contribution in [2.24, 2.45) is 0 Å². The standard InChI is InChI=1S/C17H20N4O2/c1-3-8-18-13-7-9-19-16(11-13)17(23)21-15-6-4-5-14(10-15)20-12(2)22/h4-7,9-11H,3,8H2,1-2H3,(H,18,19)(H,20,22)(H,21,23). The molecule has 6 nitrogen and oxygen atoms in total. The Labute approximate surface area is 135 Å². The van der Waals surface area contributed by atoms with E-state index >= 15 is 0 Å². The van der Waals surface area contributed by atoms with Gasteiger partial charge >= 0.3 is 0 Å². The summed E-state index contributed by atoms with van der Waals surface area (Å²) in [6, 6.07) is 10.5. The van der Waals surface area contributed by atoms with Crippen LogP contribution < -0.4 is 16.0 Å². The number of hydrogen-bond acceptors (Lipinski definition) is 4. The second kappa shape index (κ2) is 7.93. The first kappa shape index (κ1) is 16.5. The number of carbonyl (C=O) groups is 2. The highest BCUT2D eigenvalue weighted by Crippen LogP contribution is 2.16. The molecule has 0 saturated heterocycles. The Bertz CT molecular complexity index is 700. The van der Waals surface area contributed by atoms with Gasteiger partial charge in [0.05, 0.1) is 0 Å². The van der Waals surface area contributed by atoms with Crippen LogP contribution in [-0.4, -0.2) is 23.3 Å². The van der Waals surface area contributed by atoms with Crippen molar-refractivity contribution < 1.29 is 9.59 Å². The van der Waals surface area contributed by atoms with Crippen LogP contribution in [0.15, 0.2) is 42.6 Å². The fraction of sp³-hybridized carbons (Fsp3) is 0.235. The Morgan fingerprint density at radius 2 is 1.78 bits per heavy atom. The molecule has 0 aliphatic carbocycles. The zero-order valence-corrected chi connectivity index (χ0v) is 13.2. The van der Waals surface area contributed by atoms with Gasteiger partial charge in [-0.1, -0.05) is 13.0 Å². The number of amides is 2. The summed E-state index contributed by atoms with van der Waals surface area (Å²) < 4.78 is 0. The molecule has 0 bridgehead atoms. The van der Waals surface area contributed by atoms with Crippen LogP contribution in [0.4, 0.5) is 17.1 Å². The molecule has 6 heteroatoms. The second-order valence-corrected chi connectivity index (χ2v) is 5.07. The molecule has 0 aliphatic rings. The highest BCUT2D eigenvalue weighted by Gasteiger charge is 2.09. The maximum Gasteiger partial charge on any atom is 0.274 e. The van der Waals surface area contributed by atoms with Crippen LogP contribution in [0.3, 0.4) is 0 Å². The molecule has 1 aromatic heterocycles. The van der Waals surface area contributed by atoms with Crippen molar-refractivity contribution in [3.8, 4) is 0 Å². The highest BCUT2D eigenvalue weighted by molar-refractivity contribution is 6.03.